The summed E-state index contributed by atoms with van der Waals surface area (Å²) in [6.45, 7) is 2.11. The van der Waals surface area contributed by atoms with Crippen LogP contribution in [0.2, 0.25) is 5.02 Å². The molecule has 0 saturated heterocycles. The lowest BCUT2D eigenvalue weighted by Crippen LogP contribution is -2.29. The van der Waals surface area contributed by atoms with Crippen molar-refractivity contribution in [1.29, 1.82) is 0 Å². The molecule has 2 rings (SSSR count). The van der Waals surface area contributed by atoms with E-state index in [0.29, 0.717) is 5.69 Å². The Morgan fingerprint density at radius 2 is 1.62 bits per heavy atom. The SMILES string of the molecule is CCCCc1ccc(NC(=O)C(=O)Nc2ccc(Cl)c([N+](=O)[O-])c2)cc1. The highest BCUT2D eigenvalue weighted by molar-refractivity contribution is 6.43. The van der Waals surface area contributed by atoms with Crippen molar-refractivity contribution in [3.8, 4) is 0 Å². The number of halogens is 1. The standard InChI is InChI=1S/C18H18ClN3O4/c1-2-3-4-12-5-7-13(8-6-12)20-17(23)18(24)21-14-9-10-15(19)16(11-14)22(25)26/h5-11H,2-4H2,1H3,(H,20,23)(H,21,24). The van der Waals surface area contributed by atoms with E-state index in [1.54, 1.807) is 12.1 Å². The Labute approximate surface area is 155 Å². The van der Waals surface area contributed by atoms with Gasteiger partial charge in [-0.05, 0) is 42.7 Å². The third-order valence-corrected chi connectivity index (χ3v) is 3.96. The monoisotopic (exact) mass is 375 g/mol. The smallest absolute Gasteiger partial charge is 0.314 e. The summed E-state index contributed by atoms with van der Waals surface area (Å²) < 4.78 is 0. The fourth-order valence-corrected chi connectivity index (χ4v) is 2.43. The second-order valence-corrected chi connectivity index (χ2v) is 6.04. The quantitative estimate of drug-likeness (QED) is 0.449. The highest BCUT2D eigenvalue weighted by Gasteiger charge is 2.17. The maximum Gasteiger partial charge on any atom is 0.314 e. The first kappa shape index (κ1) is 19.4. The first-order valence-electron chi connectivity index (χ1n) is 8.06. The predicted molar refractivity (Wildman–Crippen MR) is 100 cm³/mol. The van der Waals surface area contributed by atoms with E-state index in [2.05, 4.69) is 17.6 Å². The molecular formula is C18H18ClN3O4. The minimum atomic E-state index is -0.934. The van der Waals surface area contributed by atoms with Crippen LogP contribution in [-0.2, 0) is 16.0 Å². The van der Waals surface area contributed by atoms with Gasteiger partial charge < -0.3 is 10.6 Å². The summed E-state index contributed by atoms with van der Waals surface area (Å²) in [5.74, 6) is -1.81. The van der Waals surface area contributed by atoms with Gasteiger partial charge in [0, 0.05) is 17.4 Å². The van der Waals surface area contributed by atoms with Crippen LogP contribution in [0.15, 0.2) is 42.5 Å². The number of nitro benzene ring substituents is 1. The largest absolute Gasteiger partial charge is 0.318 e. The maximum absolute atomic E-state index is 12.0. The van der Waals surface area contributed by atoms with Gasteiger partial charge in [-0.25, -0.2) is 0 Å². The van der Waals surface area contributed by atoms with Crippen molar-refractivity contribution < 1.29 is 14.5 Å². The van der Waals surface area contributed by atoms with Crippen LogP contribution >= 0.6 is 11.6 Å². The minimum absolute atomic E-state index is 0.0550. The first-order valence-corrected chi connectivity index (χ1v) is 8.43. The molecule has 0 aliphatic heterocycles. The first-order chi connectivity index (χ1) is 12.4. The van der Waals surface area contributed by atoms with E-state index in [1.165, 1.54) is 12.1 Å². The molecule has 7 nitrogen and oxygen atoms in total. The highest BCUT2D eigenvalue weighted by atomic mass is 35.5. The molecule has 0 aromatic heterocycles. The second kappa shape index (κ2) is 8.96. The van der Waals surface area contributed by atoms with E-state index in [4.69, 9.17) is 11.6 Å². The summed E-state index contributed by atoms with van der Waals surface area (Å²) >= 11 is 5.71. The fraction of sp³-hybridized carbons (Fsp3) is 0.222. The summed E-state index contributed by atoms with van der Waals surface area (Å²) in [5, 5.41) is 15.6. The van der Waals surface area contributed by atoms with Gasteiger partial charge in [0.25, 0.3) is 5.69 Å². The van der Waals surface area contributed by atoms with Gasteiger partial charge in [-0.15, -0.1) is 0 Å². The van der Waals surface area contributed by atoms with Gasteiger partial charge in [0.2, 0.25) is 0 Å². The summed E-state index contributed by atoms with van der Waals surface area (Å²) in [6.07, 6.45) is 3.14. The van der Waals surface area contributed by atoms with E-state index in [1.807, 2.05) is 12.1 Å². The Bertz CT molecular complexity index is 822. The van der Waals surface area contributed by atoms with Gasteiger partial charge in [-0.1, -0.05) is 37.1 Å². The molecule has 0 atom stereocenters. The number of aryl methyl sites for hydroxylation is 1. The Hall–Kier alpha value is -2.93. The number of nitro groups is 1. The van der Waals surface area contributed by atoms with Crippen LogP contribution in [0, 0.1) is 10.1 Å². The van der Waals surface area contributed by atoms with Gasteiger partial charge in [-0.3, -0.25) is 19.7 Å². The van der Waals surface area contributed by atoms with Crippen LogP contribution in [0.4, 0.5) is 17.1 Å². The highest BCUT2D eigenvalue weighted by Crippen LogP contribution is 2.27. The maximum atomic E-state index is 12.0. The van der Waals surface area contributed by atoms with Crippen LogP contribution in [0.25, 0.3) is 0 Å². The van der Waals surface area contributed by atoms with Crippen LogP contribution in [0.5, 0.6) is 0 Å². The molecule has 2 N–H and O–H groups in total. The lowest BCUT2D eigenvalue weighted by atomic mass is 10.1. The van der Waals surface area contributed by atoms with Crippen LogP contribution in [0.3, 0.4) is 0 Å². The van der Waals surface area contributed by atoms with Gasteiger partial charge in [-0.2, -0.15) is 0 Å². The van der Waals surface area contributed by atoms with Crippen LogP contribution in [0.1, 0.15) is 25.3 Å². The average Bonchev–Trinajstić information content (AvgIpc) is 2.62. The number of nitrogens with one attached hydrogen (secondary N) is 2. The van der Waals surface area contributed by atoms with Gasteiger partial charge in [0.1, 0.15) is 5.02 Å². The van der Waals surface area contributed by atoms with Crippen molar-refractivity contribution in [2.45, 2.75) is 26.2 Å². The zero-order valence-electron chi connectivity index (χ0n) is 14.1. The number of anilines is 2. The van der Waals surface area contributed by atoms with Crippen LogP contribution in [-0.4, -0.2) is 16.7 Å². The van der Waals surface area contributed by atoms with Crippen molar-refractivity contribution in [3.05, 3.63) is 63.2 Å². The molecule has 0 unspecified atom stereocenters. The Morgan fingerprint density at radius 3 is 2.19 bits per heavy atom. The molecule has 2 aromatic rings. The van der Waals surface area contributed by atoms with Crippen molar-refractivity contribution in [2.24, 2.45) is 0 Å². The molecule has 136 valence electrons. The van der Waals surface area contributed by atoms with Gasteiger partial charge >= 0.3 is 11.8 Å². The lowest BCUT2D eigenvalue weighted by molar-refractivity contribution is -0.384. The third kappa shape index (κ3) is 5.29. The molecule has 8 heteroatoms. The zero-order valence-corrected chi connectivity index (χ0v) is 14.9. The number of hydrogen-bond acceptors (Lipinski definition) is 4. The van der Waals surface area contributed by atoms with E-state index in [9.17, 15) is 19.7 Å². The third-order valence-electron chi connectivity index (χ3n) is 3.64. The number of nitrogens with zero attached hydrogens (tertiary/aromatic N) is 1. The number of amides is 2. The number of benzene rings is 2. The number of unbranched alkanes of at least 4 members (excludes halogenated alkanes) is 1. The van der Waals surface area contributed by atoms with E-state index >= 15 is 0 Å². The summed E-state index contributed by atoms with van der Waals surface area (Å²) in [4.78, 5) is 34.1. The van der Waals surface area contributed by atoms with Crippen molar-refractivity contribution in [3.63, 3.8) is 0 Å². The minimum Gasteiger partial charge on any atom is -0.318 e. The Morgan fingerprint density at radius 1 is 1.04 bits per heavy atom. The lowest BCUT2D eigenvalue weighted by Gasteiger charge is -2.08. The Kier molecular flexibility index (Phi) is 6.68. The summed E-state index contributed by atoms with van der Waals surface area (Å²) in [7, 11) is 0. The van der Waals surface area contributed by atoms with E-state index in [0.717, 1.165) is 30.9 Å². The number of rotatable bonds is 6. The summed E-state index contributed by atoms with van der Waals surface area (Å²) in [5.41, 5.74) is 1.40. The normalized spacial score (nSPS) is 10.2. The van der Waals surface area contributed by atoms with Crippen molar-refractivity contribution in [1.82, 2.24) is 0 Å². The fourth-order valence-electron chi connectivity index (χ4n) is 2.24. The molecule has 0 saturated carbocycles. The Balaban J connectivity index is 1.98. The number of carbonyl (C=O) groups is 2. The van der Waals surface area contributed by atoms with Gasteiger partial charge in [0.05, 0.1) is 4.92 Å². The van der Waals surface area contributed by atoms with Crippen molar-refractivity contribution >= 4 is 40.5 Å². The topological polar surface area (TPSA) is 101 Å². The molecule has 0 aliphatic rings. The molecule has 0 bridgehead atoms. The molecule has 2 aromatic carbocycles. The number of carbonyl (C=O) groups excluding carboxylic acids is 2. The molecule has 0 spiro atoms. The second-order valence-electron chi connectivity index (χ2n) is 5.63. The molecule has 0 aliphatic carbocycles. The summed E-state index contributed by atoms with van der Waals surface area (Å²) in [6, 6.07) is 11.0. The molecule has 26 heavy (non-hydrogen) atoms. The molecule has 0 heterocycles. The van der Waals surface area contributed by atoms with Crippen LogP contribution < -0.4 is 10.6 Å². The molecule has 0 fully saturated rings. The zero-order chi connectivity index (χ0) is 19.1. The van der Waals surface area contributed by atoms with E-state index in [-0.39, 0.29) is 16.4 Å². The molecule has 0 radical (unpaired) electrons. The molecule has 2 amide bonds. The molecular weight excluding hydrogens is 358 g/mol. The predicted octanol–water partition coefficient (Wildman–Crippen LogP) is 4.17. The van der Waals surface area contributed by atoms with E-state index < -0.39 is 16.7 Å². The number of hydrogen-bond donors (Lipinski definition) is 2. The van der Waals surface area contributed by atoms with Gasteiger partial charge in [0.15, 0.2) is 0 Å². The average molecular weight is 376 g/mol. The van der Waals surface area contributed by atoms with Crippen molar-refractivity contribution in [2.75, 3.05) is 10.6 Å².